The van der Waals surface area contributed by atoms with Crippen LogP contribution in [0.5, 0.6) is 0 Å². The van der Waals surface area contributed by atoms with Crippen molar-refractivity contribution in [2.45, 2.75) is 31.9 Å². The number of halogens is 4. The van der Waals surface area contributed by atoms with Gasteiger partial charge in [-0.2, -0.15) is 13.2 Å². The summed E-state index contributed by atoms with van der Waals surface area (Å²) in [5, 5.41) is 3.39. The number of carbonyl (C=O) groups excluding carboxylic acids is 1. The van der Waals surface area contributed by atoms with Crippen LogP contribution >= 0.6 is 12.4 Å². The number of alkyl halides is 3. The molecule has 1 amide bonds. The molecule has 24 heavy (non-hydrogen) atoms. The average Bonchev–Trinajstić information content (AvgIpc) is 2.96. The molecular formula is C17H22ClF3N2O. The largest absolute Gasteiger partial charge is 0.416 e. The molecule has 134 valence electrons. The Bertz CT molecular complexity index is 558. The number of likely N-dealkylation sites (tertiary alicyclic amines) is 1. The number of nitrogens with zero attached hydrogens (tertiary/aromatic N) is 1. The van der Waals surface area contributed by atoms with E-state index in [1.807, 2.05) is 4.90 Å². The van der Waals surface area contributed by atoms with Crippen molar-refractivity contribution in [3.63, 3.8) is 0 Å². The first-order valence-electron chi connectivity index (χ1n) is 8.03. The SMILES string of the molecule is Cl.O=C(Cc1ccc(C(F)(F)F)cc1)N1CCC2(CCNC2)CC1. The minimum absolute atomic E-state index is 0. The zero-order valence-corrected chi connectivity index (χ0v) is 14.2. The Hall–Kier alpha value is -1.27. The molecule has 3 nitrogen and oxygen atoms in total. The van der Waals surface area contributed by atoms with Crippen molar-refractivity contribution < 1.29 is 18.0 Å². The van der Waals surface area contributed by atoms with Gasteiger partial charge in [0.05, 0.1) is 12.0 Å². The summed E-state index contributed by atoms with van der Waals surface area (Å²) in [4.78, 5) is 14.2. The van der Waals surface area contributed by atoms with Gasteiger partial charge in [-0.3, -0.25) is 4.79 Å². The van der Waals surface area contributed by atoms with Crippen LogP contribution < -0.4 is 5.32 Å². The highest BCUT2D eigenvalue weighted by atomic mass is 35.5. The summed E-state index contributed by atoms with van der Waals surface area (Å²) in [6.07, 6.45) is -0.964. The summed E-state index contributed by atoms with van der Waals surface area (Å²) in [6.45, 7) is 3.59. The highest BCUT2D eigenvalue weighted by Crippen LogP contribution is 2.37. The van der Waals surface area contributed by atoms with E-state index in [2.05, 4.69) is 5.32 Å². The van der Waals surface area contributed by atoms with Crippen molar-refractivity contribution in [2.75, 3.05) is 26.2 Å². The van der Waals surface area contributed by atoms with E-state index < -0.39 is 11.7 Å². The Labute approximate surface area is 146 Å². The van der Waals surface area contributed by atoms with Crippen LogP contribution in [0.15, 0.2) is 24.3 Å². The highest BCUT2D eigenvalue weighted by molar-refractivity contribution is 5.85. The summed E-state index contributed by atoms with van der Waals surface area (Å²) in [6, 6.07) is 4.87. The number of hydrogen-bond acceptors (Lipinski definition) is 2. The van der Waals surface area contributed by atoms with E-state index in [1.165, 1.54) is 18.6 Å². The zero-order valence-electron chi connectivity index (χ0n) is 13.4. The van der Waals surface area contributed by atoms with E-state index in [0.29, 0.717) is 11.0 Å². The summed E-state index contributed by atoms with van der Waals surface area (Å²) < 4.78 is 37.6. The topological polar surface area (TPSA) is 32.3 Å². The molecule has 0 radical (unpaired) electrons. The molecular weight excluding hydrogens is 341 g/mol. The van der Waals surface area contributed by atoms with Crippen LogP contribution in [-0.2, 0) is 17.4 Å². The van der Waals surface area contributed by atoms with Crippen LogP contribution in [0.4, 0.5) is 13.2 Å². The molecule has 2 fully saturated rings. The smallest absolute Gasteiger partial charge is 0.342 e. The van der Waals surface area contributed by atoms with E-state index in [-0.39, 0.29) is 24.7 Å². The van der Waals surface area contributed by atoms with Crippen LogP contribution in [0, 0.1) is 5.41 Å². The third kappa shape index (κ3) is 4.22. The van der Waals surface area contributed by atoms with Crippen molar-refractivity contribution in [3.8, 4) is 0 Å². The van der Waals surface area contributed by atoms with Gasteiger partial charge in [0.2, 0.25) is 5.91 Å². The molecule has 0 saturated carbocycles. The Balaban J connectivity index is 0.00000208. The summed E-state index contributed by atoms with van der Waals surface area (Å²) in [5.74, 6) is 0.00515. The Kier molecular flexibility index (Phi) is 5.81. The van der Waals surface area contributed by atoms with Gasteiger partial charge in [-0.15, -0.1) is 12.4 Å². The summed E-state index contributed by atoms with van der Waals surface area (Å²) in [7, 11) is 0. The highest BCUT2D eigenvalue weighted by Gasteiger charge is 2.38. The van der Waals surface area contributed by atoms with Gasteiger partial charge in [-0.05, 0) is 48.9 Å². The first-order chi connectivity index (χ1) is 10.9. The predicted molar refractivity (Wildman–Crippen MR) is 88.1 cm³/mol. The summed E-state index contributed by atoms with van der Waals surface area (Å²) >= 11 is 0. The van der Waals surface area contributed by atoms with Gasteiger partial charge in [0.15, 0.2) is 0 Å². The zero-order chi connectivity index (χ0) is 16.5. The molecule has 1 aromatic carbocycles. The second-order valence-electron chi connectivity index (χ2n) is 6.68. The number of amides is 1. The van der Waals surface area contributed by atoms with Crippen LogP contribution in [0.2, 0.25) is 0 Å². The standard InChI is InChI=1S/C17H21F3N2O.ClH/c18-17(19,20)14-3-1-13(2-4-14)11-15(23)22-9-6-16(7-10-22)5-8-21-12-16;/h1-4,21H,5-12H2;1H. The first kappa shape index (κ1) is 19.1. The third-order valence-corrected chi connectivity index (χ3v) is 5.15. The third-order valence-electron chi connectivity index (χ3n) is 5.15. The van der Waals surface area contributed by atoms with Gasteiger partial charge in [0, 0.05) is 19.6 Å². The van der Waals surface area contributed by atoms with E-state index in [4.69, 9.17) is 0 Å². The van der Waals surface area contributed by atoms with E-state index in [9.17, 15) is 18.0 Å². The van der Waals surface area contributed by atoms with Crippen molar-refractivity contribution in [2.24, 2.45) is 5.41 Å². The molecule has 0 atom stereocenters. The molecule has 7 heteroatoms. The molecule has 0 aliphatic carbocycles. The van der Waals surface area contributed by atoms with E-state index >= 15 is 0 Å². The number of nitrogens with one attached hydrogen (secondary N) is 1. The maximum Gasteiger partial charge on any atom is 0.416 e. The van der Waals surface area contributed by atoms with Crippen molar-refractivity contribution in [1.29, 1.82) is 0 Å². The van der Waals surface area contributed by atoms with Gasteiger partial charge >= 0.3 is 6.18 Å². The fourth-order valence-corrected chi connectivity index (χ4v) is 3.55. The molecule has 2 aliphatic heterocycles. The summed E-state index contributed by atoms with van der Waals surface area (Å²) in [5.41, 5.74) is 0.304. The Morgan fingerprint density at radius 1 is 1.12 bits per heavy atom. The normalized spacial score (nSPS) is 20.0. The van der Waals surface area contributed by atoms with Gasteiger partial charge in [0.1, 0.15) is 0 Å². The van der Waals surface area contributed by atoms with Gasteiger partial charge in [0.25, 0.3) is 0 Å². The minimum Gasteiger partial charge on any atom is -0.342 e. The van der Waals surface area contributed by atoms with Crippen LogP contribution in [0.1, 0.15) is 30.4 Å². The van der Waals surface area contributed by atoms with E-state index in [1.54, 1.807) is 0 Å². The van der Waals surface area contributed by atoms with Crippen LogP contribution in [0.3, 0.4) is 0 Å². The molecule has 1 N–H and O–H groups in total. The monoisotopic (exact) mass is 362 g/mol. The average molecular weight is 363 g/mol. The van der Waals surface area contributed by atoms with Crippen molar-refractivity contribution in [1.82, 2.24) is 10.2 Å². The number of piperidine rings is 1. The molecule has 0 bridgehead atoms. The second-order valence-corrected chi connectivity index (χ2v) is 6.68. The number of benzene rings is 1. The minimum atomic E-state index is -4.33. The van der Waals surface area contributed by atoms with Crippen LogP contribution in [0.25, 0.3) is 0 Å². The Morgan fingerprint density at radius 3 is 2.25 bits per heavy atom. The molecule has 1 spiro atoms. The first-order valence-corrected chi connectivity index (χ1v) is 8.03. The lowest BCUT2D eigenvalue weighted by molar-refractivity contribution is -0.137. The lowest BCUT2D eigenvalue weighted by Gasteiger charge is -2.39. The maximum absolute atomic E-state index is 12.5. The predicted octanol–water partition coefficient (Wildman–Crippen LogP) is 3.27. The number of carbonyl (C=O) groups is 1. The van der Waals surface area contributed by atoms with Crippen molar-refractivity contribution >= 4 is 18.3 Å². The second kappa shape index (κ2) is 7.31. The van der Waals surface area contributed by atoms with E-state index in [0.717, 1.165) is 51.2 Å². The van der Waals surface area contributed by atoms with Gasteiger partial charge < -0.3 is 10.2 Å². The van der Waals surface area contributed by atoms with Gasteiger partial charge in [-0.1, -0.05) is 12.1 Å². The van der Waals surface area contributed by atoms with Crippen LogP contribution in [-0.4, -0.2) is 37.0 Å². The molecule has 3 rings (SSSR count). The molecule has 2 heterocycles. The Morgan fingerprint density at radius 2 is 1.75 bits per heavy atom. The van der Waals surface area contributed by atoms with Gasteiger partial charge in [-0.25, -0.2) is 0 Å². The fraction of sp³-hybridized carbons (Fsp3) is 0.588. The fourth-order valence-electron chi connectivity index (χ4n) is 3.55. The number of hydrogen-bond donors (Lipinski definition) is 1. The molecule has 1 aromatic rings. The molecule has 0 aromatic heterocycles. The lowest BCUT2D eigenvalue weighted by atomic mass is 9.78. The molecule has 2 saturated heterocycles. The molecule has 2 aliphatic rings. The van der Waals surface area contributed by atoms with Crippen molar-refractivity contribution in [3.05, 3.63) is 35.4 Å². The lowest BCUT2D eigenvalue weighted by Crippen LogP contribution is -2.44. The quantitative estimate of drug-likeness (QED) is 0.875. The maximum atomic E-state index is 12.5. The number of rotatable bonds is 2. The molecule has 0 unspecified atom stereocenters.